The molecular formula is C11H15N3O3. The fourth-order valence-corrected chi connectivity index (χ4v) is 2.43. The maximum atomic E-state index is 11.9. The molecule has 0 unspecified atom stereocenters. The molecule has 1 saturated heterocycles. The van der Waals surface area contributed by atoms with E-state index in [4.69, 9.17) is 5.11 Å². The van der Waals surface area contributed by atoms with Gasteiger partial charge in [0.25, 0.3) is 0 Å². The number of aromatic nitrogens is 2. The Kier molecular flexibility index (Phi) is 2.87. The van der Waals surface area contributed by atoms with Crippen molar-refractivity contribution in [2.45, 2.75) is 26.3 Å². The van der Waals surface area contributed by atoms with Crippen LogP contribution in [0, 0.1) is 11.8 Å². The third-order valence-corrected chi connectivity index (χ3v) is 3.12. The molecule has 1 amide bonds. The van der Waals surface area contributed by atoms with Crippen molar-refractivity contribution in [2.75, 3.05) is 4.90 Å². The SMILES string of the molecule is CC(C)[C@@H]1[C@@H](C(=O)O)CC(=O)N1c1ccn[nH]1. The van der Waals surface area contributed by atoms with Crippen molar-refractivity contribution in [2.24, 2.45) is 11.8 Å². The predicted molar refractivity (Wildman–Crippen MR) is 60.4 cm³/mol. The summed E-state index contributed by atoms with van der Waals surface area (Å²) in [6.07, 6.45) is 1.60. The fraction of sp³-hybridized carbons (Fsp3) is 0.545. The highest BCUT2D eigenvalue weighted by atomic mass is 16.4. The molecule has 1 aromatic rings. The Balaban J connectivity index is 2.37. The molecule has 0 aliphatic carbocycles. The fourth-order valence-electron chi connectivity index (χ4n) is 2.43. The maximum Gasteiger partial charge on any atom is 0.309 e. The van der Waals surface area contributed by atoms with Gasteiger partial charge in [0.05, 0.1) is 18.2 Å². The van der Waals surface area contributed by atoms with Gasteiger partial charge in [0, 0.05) is 12.5 Å². The molecule has 2 heterocycles. The third kappa shape index (κ3) is 1.90. The topological polar surface area (TPSA) is 86.3 Å². The summed E-state index contributed by atoms with van der Waals surface area (Å²) in [4.78, 5) is 24.6. The second-order valence-corrected chi connectivity index (χ2v) is 4.59. The summed E-state index contributed by atoms with van der Waals surface area (Å²) in [6.45, 7) is 3.84. The van der Waals surface area contributed by atoms with Gasteiger partial charge < -0.3 is 5.11 Å². The summed E-state index contributed by atoms with van der Waals surface area (Å²) in [7, 11) is 0. The van der Waals surface area contributed by atoms with Gasteiger partial charge in [0.15, 0.2) is 0 Å². The molecule has 1 aliphatic rings. The van der Waals surface area contributed by atoms with Crippen LogP contribution in [-0.4, -0.2) is 33.2 Å². The summed E-state index contributed by atoms with van der Waals surface area (Å²) in [5.41, 5.74) is 0. The van der Waals surface area contributed by atoms with Crippen LogP contribution >= 0.6 is 0 Å². The Hall–Kier alpha value is -1.85. The van der Waals surface area contributed by atoms with Crippen LogP contribution in [0.2, 0.25) is 0 Å². The van der Waals surface area contributed by atoms with Crippen LogP contribution in [0.15, 0.2) is 12.3 Å². The van der Waals surface area contributed by atoms with E-state index < -0.39 is 11.9 Å². The molecule has 0 spiro atoms. The van der Waals surface area contributed by atoms with E-state index in [2.05, 4.69) is 10.2 Å². The number of anilines is 1. The number of hydrogen-bond donors (Lipinski definition) is 2. The highest BCUT2D eigenvalue weighted by Gasteiger charge is 2.46. The zero-order chi connectivity index (χ0) is 12.6. The van der Waals surface area contributed by atoms with Crippen LogP contribution in [0.1, 0.15) is 20.3 Å². The Morgan fingerprint density at radius 3 is 2.82 bits per heavy atom. The van der Waals surface area contributed by atoms with Gasteiger partial charge in [-0.15, -0.1) is 0 Å². The van der Waals surface area contributed by atoms with Crippen LogP contribution in [-0.2, 0) is 9.59 Å². The lowest BCUT2D eigenvalue weighted by molar-refractivity contribution is -0.142. The predicted octanol–water partition coefficient (Wildman–Crippen LogP) is 0.872. The number of carbonyl (C=O) groups excluding carboxylic acids is 1. The van der Waals surface area contributed by atoms with E-state index >= 15 is 0 Å². The van der Waals surface area contributed by atoms with E-state index in [0.29, 0.717) is 5.82 Å². The molecular weight excluding hydrogens is 222 g/mol. The standard InChI is InChI=1S/C11H15N3O3/c1-6(2)10-7(11(16)17)5-9(15)14(10)8-3-4-12-13-8/h3-4,6-7,10H,5H2,1-2H3,(H,12,13)(H,16,17)/t7-,10+/m0/s1. The van der Waals surface area contributed by atoms with Crippen LogP contribution in [0.4, 0.5) is 5.82 Å². The van der Waals surface area contributed by atoms with E-state index in [1.807, 2.05) is 13.8 Å². The van der Waals surface area contributed by atoms with Crippen LogP contribution in [0.3, 0.4) is 0 Å². The van der Waals surface area contributed by atoms with Gasteiger partial charge in [0.1, 0.15) is 5.82 Å². The number of carboxylic acid groups (broad SMARTS) is 1. The van der Waals surface area contributed by atoms with Crippen molar-refractivity contribution < 1.29 is 14.7 Å². The number of nitrogens with zero attached hydrogens (tertiary/aromatic N) is 2. The summed E-state index contributed by atoms with van der Waals surface area (Å²) in [5.74, 6) is -1.09. The van der Waals surface area contributed by atoms with Gasteiger partial charge >= 0.3 is 5.97 Å². The van der Waals surface area contributed by atoms with Crippen molar-refractivity contribution >= 4 is 17.7 Å². The number of aromatic amines is 1. The van der Waals surface area contributed by atoms with Gasteiger partial charge in [-0.1, -0.05) is 13.8 Å². The first-order chi connectivity index (χ1) is 8.02. The monoisotopic (exact) mass is 237 g/mol. The number of nitrogens with one attached hydrogen (secondary N) is 1. The molecule has 0 aromatic carbocycles. The second-order valence-electron chi connectivity index (χ2n) is 4.59. The number of aliphatic carboxylic acids is 1. The molecule has 1 aromatic heterocycles. The third-order valence-electron chi connectivity index (χ3n) is 3.12. The first-order valence-electron chi connectivity index (χ1n) is 5.56. The van der Waals surface area contributed by atoms with Gasteiger partial charge in [-0.3, -0.25) is 19.6 Å². The molecule has 0 bridgehead atoms. The van der Waals surface area contributed by atoms with Crippen molar-refractivity contribution in [1.82, 2.24) is 10.2 Å². The van der Waals surface area contributed by atoms with Crippen molar-refractivity contribution in [3.8, 4) is 0 Å². The Bertz CT molecular complexity index is 427. The average Bonchev–Trinajstić information content (AvgIpc) is 2.83. The molecule has 2 atom stereocenters. The highest BCUT2D eigenvalue weighted by Crippen LogP contribution is 2.33. The molecule has 6 heteroatoms. The smallest absolute Gasteiger partial charge is 0.309 e. The zero-order valence-electron chi connectivity index (χ0n) is 9.75. The van der Waals surface area contributed by atoms with Crippen LogP contribution in [0.25, 0.3) is 0 Å². The molecule has 0 radical (unpaired) electrons. The van der Waals surface area contributed by atoms with E-state index in [-0.39, 0.29) is 24.3 Å². The molecule has 1 aliphatic heterocycles. The lowest BCUT2D eigenvalue weighted by Crippen LogP contribution is -2.41. The van der Waals surface area contributed by atoms with Gasteiger partial charge in [-0.05, 0) is 5.92 Å². The number of rotatable bonds is 3. The lowest BCUT2D eigenvalue weighted by Gasteiger charge is -2.28. The van der Waals surface area contributed by atoms with Gasteiger partial charge in [-0.2, -0.15) is 5.10 Å². The number of carboxylic acids is 1. The quantitative estimate of drug-likeness (QED) is 0.816. The first kappa shape index (κ1) is 11.6. The zero-order valence-corrected chi connectivity index (χ0v) is 9.75. The van der Waals surface area contributed by atoms with Gasteiger partial charge in [0.2, 0.25) is 5.91 Å². The average molecular weight is 237 g/mol. The molecule has 17 heavy (non-hydrogen) atoms. The Morgan fingerprint density at radius 2 is 2.35 bits per heavy atom. The van der Waals surface area contributed by atoms with E-state index in [1.165, 1.54) is 4.90 Å². The van der Waals surface area contributed by atoms with E-state index in [1.54, 1.807) is 12.3 Å². The molecule has 2 rings (SSSR count). The summed E-state index contributed by atoms with van der Waals surface area (Å²) >= 11 is 0. The van der Waals surface area contributed by atoms with Crippen LogP contribution in [0.5, 0.6) is 0 Å². The molecule has 0 saturated carbocycles. The Labute approximate surface area is 98.6 Å². The minimum absolute atomic E-state index is 0.0528. The van der Waals surface area contributed by atoms with E-state index in [9.17, 15) is 9.59 Å². The van der Waals surface area contributed by atoms with E-state index in [0.717, 1.165) is 0 Å². The summed E-state index contributed by atoms with van der Waals surface area (Å²) in [5, 5.41) is 15.7. The summed E-state index contributed by atoms with van der Waals surface area (Å²) < 4.78 is 0. The summed E-state index contributed by atoms with van der Waals surface area (Å²) in [6, 6.07) is 1.36. The first-order valence-corrected chi connectivity index (χ1v) is 5.56. The number of H-pyrrole nitrogens is 1. The second kappa shape index (κ2) is 4.20. The number of carbonyl (C=O) groups is 2. The normalized spacial score (nSPS) is 24.6. The number of amides is 1. The molecule has 1 fully saturated rings. The number of hydrogen-bond acceptors (Lipinski definition) is 3. The minimum Gasteiger partial charge on any atom is -0.481 e. The molecule has 2 N–H and O–H groups in total. The maximum absolute atomic E-state index is 11.9. The van der Waals surface area contributed by atoms with Crippen molar-refractivity contribution in [3.05, 3.63) is 12.3 Å². The van der Waals surface area contributed by atoms with Gasteiger partial charge in [-0.25, -0.2) is 0 Å². The largest absolute Gasteiger partial charge is 0.481 e. The van der Waals surface area contributed by atoms with Crippen molar-refractivity contribution in [3.63, 3.8) is 0 Å². The highest BCUT2D eigenvalue weighted by molar-refractivity contribution is 5.99. The minimum atomic E-state index is -0.918. The Morgan fingerprint density at radius 1 is 1.65 bits per heavy atom. The molecule has 6 nitrogen and oxygen atoms in total. The van der Waals surface area contributed by atoms with Crippen molar-refractivity contribution in [1.29, 1.82) is 0 Å². The van der Waals surface area contributed by atoms with Crippen LogP contribution < -0.4 is 4.90 Å². The lowest BCUT2D eigenvalue weighted by atomic mass is 9.91. The molecule has 92 valence electrons.